The topological polar surface area (TPSA) is 87.7 Å². The van der Waals surface area contributed by atoms with E-state index in [1.165, 1.54) is 0 Å². The lowest BCUT2D eigenvalue weighted by Gasteiger charge is -2.27. The van der Waals surface area contributed by atoms with Crippen LogP contribution < -0.4 is 9.47 Å². The molecule has 0 bridgehead atoms. The molecule has 3 aromatic carbocycles. The number of nitrogens with zero attached hydrogens (tertiary/aromatic N) is 2. The lowest BCUT2D eigenvalue weighted by Crippen LogP contribution is -2.29. The Morgan fingerprint density at radius 3 is 2.56 bits per heavy atom. The van der Waals surface area contributed by atoms with Crippen LogP contribution in [0.2, 0.25) is 0 Å². The van der Waals surface area contributed by atoms with Gasteiger partial charge in [0.05, 0.1) is 19.8 Å². The minimum Gasteiger partial charge on any atom is -0.507 e. The molecule has 2 N–H and O–H groups in total. The summed E-state index contributed by atoms with van der Waals surface area (Å²) < 4.78 is 11.3. The normalized spacial score (nSPS) is 14.7. The maximum Gasteiger partial charge on any atom is 0.273 e. The van der Waals surface area contributed by atoms with Crippen LogP contribution in [0.1, 0.15) is 51.3 Å². The van der Waals surface area contributed by atoms with Gasteiger partial charge in [0.2, 0.25) is 0 Å². The number of hydrogen-bond acceptors (Lipinski definition) is 5. The van der Waals surface area contributed by atoms with Crippen LogP contribution >= 0.6 is 0 Å². The van der Waals surface area contributed by atoms with Crippen LogP contribution in [-0.2, 0) is 6.54 Å². The average molecular weight is 484 g/mol. The Bertz CT molecular complexity index is 1430. The van der Waals surface area contributed by atoms with E-state index in [-0.39, 0.29) is 11.7 Å². The second kappa shape index (κ2) is 9.41. The molecular formula is C29H29N3O4. The largest absolute Gasteiger partial charge is 0.507 e. The molecule has 1 amide bonds. The van der Waals surface area contributed by atoms with Crippen LogP contribution in [0, 0.1) is 13.8 Å². The fraction of sp³-hybridized carbons (Fsp3) is 0.241. The zero-order valence-corrected chi connectivity index (χ0v) is 20.8. The third-order valence-electron chi connectivity index (χ3n) is 6.56. The van der Waals surface area contributed by atoms with Crippen LogP contribution in [-0.4, -0.2) is 39.8 Å². The van der Waals surface area contributed by atoms with Crippen molar-refractivity contribution in [2.75, 3.05) is 13.7 Å². The van der Waals surface area contributed by atoms with E-state index in [4.69, 9.17) is 9.47 Å². The number of phenolic OH excluding ortho intramolecular Hbond substituents is 1. The Morgan fingerprint density at radius 1 is 1.06 bits per heavy atom. The summed E-state index contributed by atoms with van der Waals surface area (Å²) in [6.45, 7) is 6.69. The van der Waals surface area contributed by atoms with Crippen molar-refractivity contribution in [2.45, 2.75) is 33.4 Å². The number of methoxy groups -OCH3 is 1. The van der Waals surface area contributed by atoms with Crippen molar-refractivity contribution in [3.05, 3.63) is 94.2 Å². The first-order chi connectivity index (χ1) is 17.4. The first kappa shape index (κ1) is 23.5. The molecule has 1 aromatic heterocycles. The van der Waals surface area contributed by atoms with Gasteiger partial charge in [-0.25, -0.2) is 0 Å². The number of benzene rings is 3. The van der Waals surface area contributed by atoms with Crippen LogP contribution in [0.4, 0.5) is 0 Å². The lowest BCUT2D eigenvalue weighted by molar-refractivity contribution is 0.0730. The molecule has 5 rings (SSSR count). The number of aryl methyl sites for hydroxylation is 2. The number of aromatic nitrogens is 2. The SMILES string of the molecule is CCOc1ccc(C2c3c(-c4cc(C)cc(C)c4O)n[nH]c3C(=O)N2Cc2ccccc2)cc1OC. The molecule has 1 aliphatic rings. The monoisotopic (exact) mass is 483 g/mol. The van der Waals surface area contributed by atoms with Crippen molar-refractivity contribution in [1.82, 2.24) is 15.1 Å². The van der Waals surface area contributed by atoms with E-state index in [0.29, 0.717) is 41.6 Å². The van der Waals surface area contributed by atoms with Gasteiger partial charge >= 0.3 is 0 Å². The molecule has 1 aliphatic heterocycles. The molecule has 1 unspecified atom stereocenters. The summed E-state index contributed by atoms with van der Waals surface area (Å²) in [5.74, 6) is 1.25. The van der Waals surface area contributed by atoms with Gasteiger partial charge in [-0.1, -0.05) is 42.5 Å². The number of fused-ring (bicyclic) bond motifs is 1. The van der Waals surface area contributed by atoms with Gasteiger partial charge in [-0.2, -0.15) is 5.10 Å². The highest BCUT2D eigenvalue weighted by atomic mass is 16.5. The Hall–Kier alpha value is -4.26. The highest BCUT2D eigenvalue weighted by Crippen LogP contribution is 2.47. The predicted molar refractivity (Wildman–Crippen MR) is 137 cm³/mol. The third kappa shape index (κ3) is 3.96. The molecule has 0 spiro atoms. The van der Waals surface area contributed by atoms with E-state index in [1.54, 1.807) is 7.11 Å². The Morgan fingerprint density at radius 2 is 1.83 bits per heavy atom. The summed E-state index contributed by atoms with van der Waals surface area (Å²) >= 11 is 0. The second-order valence-corrected chi connectivity index (χ2v) is 9.00. The highest BCUT2D eigenvalue weighted by molar-refractivity contribution is 6.00. The molecule has 2 heterocycles. The lowest BCUT2D eigenvalue weighted by atomic mass is 9.93. The number of nitrogens with one attached hydrogen (secondary N) is 1. The molecule has 1 atom stereocenters. The number of phenols is 1. The van der Waals surface area contributed by atoms with Crippen molar-refractivity contribution >= 4 is 5.91 Å². The summed E-state index contributed by atoms with van der Waals surface area (Å²) in [7, 11) is 1.60. The summed E-state index contributed by atoms with van der Waals surface area (Å²) in [6, 6.07) is 19.0. The predicted octanol–water partition coefficient (Wildman–Crippen LogP) is 5.55. The Balaban J connectivity index is 1.70. The zero-order valence-electron chi connectivity index (χ0n) is 20.8. The van der Waals surface area contributed by atoms with Crippen LogP contribution in [0.15, 0.2) is 60.7 Å². The summed E-state index contributed by atoms with van der Waals surface area (Å²) in [6.07, 6.45) is 0. The maximum absolute atomic E-state index is 13.7. The van der Waals surface area contributed by atoms with E-state index < -0.39 is 6.04 Å². The average Bonchev–Trinajstić information content (AvgIpc) is 3.41. The molecule has 0 radical (unpaired) electrons. The minimum absolute atomic E-state index is 0.144. The zero-order chi connectivity index (χ0) is 25.4. The molecule has 0 saturated heterocycles. The Kier molecular flexibility index (Phi) is 6.14. The van der Waals surface area contributed by atoms with Gasteiger partial charge in [-0.15, -0.1) is 0 Å². The van der Waals surface area contributed by atoms with Crippen molar-refractivity contribution < 1.29 is 19.4 Å². The number of ether oxygens (including phenoxy) is 2. The van der Waals surface area contributed by atoms with Gasteiger partial charge in [-0.3, -0.25) is 9.89 Å². The molecule has 7 nitrogen and oxygen atoms in total. The number of H-pyrrole nitrogens is 1. The summed E-state index contributed by atoms with van der Waals surface area (Å²) in [4.78, 5) is 15.5. The standard InChI is InChI=1S/C29H29N3O4/c1-5-36-22-12-11-20(15-23(22)35-4)27-24-25(21-14-17(2)13-18(3)28(21)33)30-31-26(24)29(34)32(27)16-19-9-7-6-8-10-19/h6-15,27,33H,5,16H2,1-4H3,(H,30,31). The number of aromatic amines is 1. The number of amides is 1. The van der Waals surface area contributed by atoms with Gasteiger partial charge in [0.15, 0.2) is 11.5 Å². The van der Waals surface area contributed by atoms with Crippen molar-refractivity contribution in [2.24, 2.45) is 0 Å². The summed E-state index contributed by atoms with van der Waals surface area (Å²) in [5, 5.41) is 18.4. The van der Waals surface area contributed by atoms with Crippen molar-refractivity contribution in [1.29, 1.82) is 0 Å². The van der Waals surface area contributed by atoms with Crippen molar-refractivity contribution in [3.8, 4) is 28.5 Å². The van der Waals surface area contributed by atoms with Crippen LogP contribution in [0.3, 0.4) is 0 Å². The second-order valence-electron chi connectivity index (χ2n) is 9.00. The first-order valence-electron chi connectivity index (χ1n) is 12.0. The summed E-state index contributed by atoms with van der Waals surface area (Å²) in [5.41, 5.74) is 5.97. The third-order valence-corrected chi connectivity index (χ3v) is 6.56. The maximum atomic E-state index is 13.7. The molecule has 7 heteroatoms. The van der Waals surface area contributed by atoms with E-state index in [9.17, 15) is 9.90 Å². The van der Waals surface area contributed by atoms with E-state index in [2.05, 4.69) is 10.2 Å². The number of aromatic hydroxyl groups is 1. The van der Waals surface area contributed by atoms with Gasteiger partial charge in [0.1, 0.15) is 17.1 Å². The van der Waals surface area contributed by atoms with Gasteiger partial charge in [-0.05, 0) is 61.2 Å². The van der Waals surface area contributed by atoms with Gasteiger partial charge in [0.25, 0.3) is 5.91 Å². The van der Waals surface area contributed by atoms with E-state index >= 15 is 0 Å². The fourth-order valence-corrected chi connectivity index (χ4v) is 4.96. The van der Waals surface area contributed by atoms with Gasteiger partial charge < -0.3 is 19.5 Å². The number of rotatable bonds is 7. The fourth-order valence-electron chi connectivity index (χ4n) is 4.96. The quantitative estimate of drug-likeness (QED) is 0.360. The number of hydrogen-bond donors (Lipinski definition) is 2. The smallest absolute Gasteiger partial charge is 0.273 e. The first-order valence-corrected chi connectivity index (χ1v) is 12.0. The van der Waals surface area contributed by atoms with Crippen LogP contribution in [0.5, 0.6) is 17.2 Å². The minimum atomic E-state index is -0.439. The van der Waals surface area contributed by atoms with Crippen molar-refractivity contribution in [3.63, 3.8) is 0 Å². The van der Waals surface area contributed by atoms with Crippen LogP contribution in [0.25, 0.3) is 11.3 Å². The highest BCUT2D eigenvalue weighted by Gasteiger charge is 2.43. The van der Waals surface area contributed by atoms with E-state index in [1.807, 2.05) is 86.3 Å². The molecule has 0 aliphatic carbocycles. The molecule has 0 saturated carbocycles. The van der Waals surface area contributed by atoms with E-state index in [0.717, 1.165) is 27.8 Å². The molecule has 0 fully saturated rings. The molecule has 184 valence electrons. The van der Waals surface area contributed by atoms with Gasteiger partial charge in [0, 0.05) is 17.7 Å². The Labute approximate surface area is 210 Å². The number of carbonyl (C=O) groups is 1. The molecule has 4 aromatic rings. The number of carbonyl (C=O) groups excluding carboxylic acids is 1. The molecular weight excluding hydrogens is 454 g/mol. The molecule has 36 heavy (non-hydrogen) atoms.